The van der Waals surface area contributed by atoms with Crippen molar-refractivity contribution < 1.29 is 4.79 Å². The summed E-state index contributed by atoms with van der Waals surface area (Å²) in [6.45, 7) is 9.06. The molecule has 1 amide bonds. The minimum absolute atomic E-state index is 0.208. The maximum atomic E-state index is 12.2. The van der Waals surface area contributed by atoms with Gasteiger partial charge in [0.1, 0.15) is 5.56 Å². The third kappa shape index (κ3) is 3.97. The molecule has 1 aliphatic rings. The zero-order valence-corrected chi connectivity index (χ0v) is 14.1. The number of amides is 1. The SMILES string of the molecule is Cc1cc(=O)c(C(=O)NC[C@H]2CCCN(C(C)C)C2)cn1C. The highest BCUT2D eigenvalue weighted by atomic mass is 16.2. The third-order valence-electron chi connectivity index (χ3n) is 4.56. The van der Waals surface area contributed by atoms with Gasteiger partial charge in [0, 0.05) is 44.1 Å². The summed E-state index contributed by atoms with van der Waals surface area (Å²) in [5.41, 5.74) is 0.867. The summed E-state index contributed by atoms with van der Waals surface area (Å²) in [4.78, 5) is 26.6. The molecule has 0 saturated carbocycles. The van der Waals surface area contributed by atoms with Gasteiger partial charge in [-0.05, 0) is 46.1 Å². The maximum Gasteiger partial charge on any atom is 0.256 e. The lowest BCUT2D eigenvalue weighted by molar-refractivity contribution is 0.0921. The molecule has 122 valence electrons. The van der Waals surface area contributed by atoms with Crippen LogP contribution in [0.3, 0.4) is 0 Å². The van der Waals surface area contributed by atoms with Crippen molar-refractivity contribution in [2.75, 3.05) is 19.6 Å². The van der Waals surface area contributed by atoms with Gasteiger partial charge in [-0.15, -0.1) is 0 Å². The zero-order chi connectivity index (χ0) is 16.3. The molecule has 0 bridgehead atoms. The van der Waals surface area contributed by atoms with Crippen molar-refractivity contribution in [2.24, 2.45) is 13.0 Å². The Labute approximate surface area is 132 Å². The lowest BCUT2D eigenvalue weighted by Gasteiger charge is -2.35. The van der Waals surface area contributed by atoms with Gasteiger partial charge in [-0.25, -0.2) is 0 Å². The summed E-state index contributed by atoms with van der Waals surface area (Å²) < 4.78 is 1.80. The second-order valence-corrected chi connectivity index (χ2v) is 6.61. The zero-order valence-electron chi connectivity index (χ0n) is 14.1. The van der Waals surface area contributed by atoms with E-state index in [1.807, 2.05) is 14.0 Å². The molecule has 1 saturated heterocycles. The predicted octanol–water partition coefficient (Wildman–Crippen LogP) is 1.54. The van der Waals surface area contributed by atoms with Crippen molar-refractivity contribution in [1.29, 1.82) is 0 Å². The normalized spacial score (nSPS) is 19.4. The Morgan fingerprint density at radius 1 is 1.45 bits per heavy atom. The number of aromatic nitrogens is 1. The molecule has 5 heteroatoms. The molecule has 1 aliphatic heterocycles. The van der Waals surface area contributed by atoms with Crippen LogP contribution in [0.1, 0.15) is 42.7 Å². The number of likely N-dealkylation sites (tertiary alicyclic amines) is 1. The molecule has 0 unspecified atom stereocenters. The molecular weight excluding hydrogens is 278 g/mol. The van der Waals surface area contributed by atoms with E-state index < -0.39 is 0 Å². The van der Waals surface area contributed by atoms with E-state index in [4.69, 9.17) is 0 Å². The molecule has 5 nitrogen and oxygen atoms in total. The van der Waals surface area contributed by atoms with Crippen LogP contribution in [0.4, 0.5) is 0 Å². The van der Waals surface area contributed by atoms with E-state index in [0.717, 1.165) is 25.2 Å². The highest BCUT2D eigenvalue weighted by Crippen LogP contribution is 2.17. The molecule has 22 heavy (non-hydrogen) atoms. The van der Waals surface area contributed by atoms with Gasteiger partial charge in [0.15, 0.2) is 5.43 Å². The van der Waals surface area contributed by atoms with Crippen LogP contribution in [0.15, 0.2) is 17.1 Å². The van der Waals surface area contributed by atoms with Crippen LogP contribution >= 0.6 is 0 Å². The van der Waals surface area contributed by atoms with Gasteiger partial charge in [-0.1, -0.05) is 0 Å². The number of nitrogens with zero attached hydrogens (tertiary/aromatic N) is 2. The van der Waals surface area contributed by atoms with E-state index in [9.17, 15) is 9.59 Å². The van der Waals surface area contributed by atoms with E-state index in [2.05, 4.69) is 24.1 Å². The van der Waals surface area contributed by atoms with Gasteiger partial charge in [-0.2, -0.15) is 0 Å². The van der Waals surface area contributed by atoms with E-state index in [-0.39, 0.29) is 16.9 Å². The molecule has 0 aromatic carbocycles. The number of carbonyl (C=O) groups is 1. The fraction of sp³-hybridized carbons (Fsp3) is 0.647. The van der Waals surface area contributed by atoms with Crippen molar-refractivity contribution in [2.45, 2.75) is 39.7 Å². The van der Waals surface area contributed by atoms with Crippen molar-refractivity contribution in [3.8, 4) is 0 Å². The summed E-state index contributed by atoms with van der Waals surface area (Å²) in [7, 11) is 1.84. The second kappa shape index (κ2) is 7.09. The molecule has 2 heterocycles. The van der Waals surface area contributed by atoms with Crippen LogP contribution in [0.2, 0.25) is 0 Å². The Balaban J connectivity index is 1.96. The Bertz CT molecular complexity index is 592. The smallest absolute Gasteiger partial charge is 0.256 e. The third-order valence-corrected chi connectivity index (χ3v) is 4.56. The largest absolute Gasteiger partial charge is 0.354 e. The van der Waals surface area contributed by atoms with E-state index in [1.165, 1.54) is 12.5 Å². The Hall–Kier alpha value is -1.62. The summed E-state index contributed by atoms with van der Waals surface area (Å²) >= 11 is 0. The molecule has 1 atom stereocenters. The van der Waals surface area contributed by atoms with Crippen LogP contribution in [-0.4, -0.2) is 41.1 Å². The Morgan fingerprint density at radius 3 is 2.86 bits per heavy atom. The van der Waals surface area contributed by atoms with Gasteiger partial charge >= 0.3 is 0 Å². The van der Waals surface area contributed by atoms with Crippen molar-refractivity contribution in [1.82, 2.24) is 14.8 Å². The van der Waals surface area contributed by atoms with Gasteiger partial charge in [0.05, 0.1) is 0 Å². The summed E-state index contributed by atoms with van der Waals surface area (Å²) in [5, 5.41) is 2.94. The maximum absolute atomic E-state index is 12.2. The number of aryl methyl sites for hydroxylation is 2. The molecule has 1 aromatic rings. The number of hydrogen-bond donors (Lipinski definition) is 1. The first-order chi connectivity index (χ1) is 10.4. The molecule has 0 spiro atoms. The average Bonchev–Trinajstić information content (AvgIpc) is 2.48. The highest BCUT2D eigenvalue weighted by Gasteiger charge is 2.22. The van der Waals surface area contributed by atoms with Crippen LogP contribution in [0.5, 0.6) is 0 Å². The van der Waals surface area contributed by atoms with Crippen LogP contribution < -0.4 is 10.7 Å². The molecular formula is C17H27N3O2. The van der Waals surface area contributed by atoms with Crippen LogP contribution in [0, 0.1) is 12.8 Å². The second-order valence-electron chi connectivity index (χ2n) is 6.61. The van der Waals surface area contributed by atoms with Crippen LogP contribution in [-0.2, 0) is 7.05 Å². The predicted molar refractivity (Wildman–Crippen MR) is 88.2 cm³/mol. The van der Waals surface area contributed by atoms with Crippen molar-refractivity contribution in [3.63, 3.8) is 0 Å². The highest BCUT2D eigenvalue weighted by molar-refractivity contribution is 5.93. The minimum Gasteiger partial charge on any atom is -0.354 e. The first kappa shape index (κ1) is 16.7. The van der Waals surface area contributed by atoms with Crippen molar-refractivity contribution in [3.05, 3.63) is 33.7 Å². The van der Waals surface area contributed by atoms with Crippen LogP contribution in [0.25, 0.3) is 0 Å². The van der Waals surface area contributed by atoms with E-state index in [0.29, 0.717) is 18.5 Å². The number of rotatable bonds is 4. The van der Waals surface area contributed by atoms with E-state index in [1.54, 1.807) is 10.8 Å². The molecule has 1 aromatic heterocycles. The first-order valence-corrected chi connectivity index (χ1v) is 8.08. The number of hydrogen-bond acceptors (Lipinski definition) is 3. The van der Waals surface area contributed by atoms with Gasteiger partial charge in [0.25, 0.3) is 5.91 Å². The van der Waals surface area contributed by atoms with E-state index >= 15 is 0 Å². The lowest BCUT2D eigenvalue weighted by Crippen LogP contribution is -2.44. The quantitative estimate of drug-likeness (QED) is 0.918. The van der Waals surface area contributed by atoms with Crippen molar-refractivity contribution >= 4 is 5.91 Å². The average molecular weight is 305 g/mol. The van der Waals surface area contributed by atoms with Gasteiger partial charge < -0.3 is 14.8 Å². The summed E-state index contributed by atoms with van der Waals surface area (Å²) in [6, 6.07) is 2.05. The summed E-state index contributed by atoms with van der Waals surface area (Å²) in [5.74, 6) is 0.205. The van der Waals surface area contributed by atoms with Gasteiger partial charge in [0.2, 0.25) is 0 Å². The molecule has 1 N–H and O–H groups in total. The topological polar surface area (TPSA) is 54.3 Å². The molecule has 0 aliphatic carbocycles. The summed E-state index contributed by atoms with van der Waals surface area (Å²) in [6.07, 6.45) is 3.93. The standard InChI is InChI=1S/C17H27N3O2/c1-12(2)20-7-5-6-14(10-20)9-18-17(22)15-11-19(4)13(3)8-16(15)21/h8,11-12,14H,5-7,9-10H2,1-4H3,(H,18,22)/t14-/m1/s1. The van der Waals surface area contributed by atoms with Gasteiger partial charge in [-0.3, -0.25) is 9.59 Å². The Kier molecular flexibility index (Phi) is 5.40. The Morgan fingerprint density at radius 2 is 2.18 bits per heavy atom. The lowest BCUT2D eigenvalue weighted by atomic mass is 9.97. The molecule has 0 radical (unpaired) electrons. The first-order valence-electron chi connectivity index (χ1n) is 8.08. The minimum atomic E-state index is -0.262. The number of pyridine rings is 1. The fourth-order valence-electron chi connectivity index (χ4n) is 2.96. The number of nitrogens with one attached hydrogen (secondary N) is 1. The monoisotopic (exact) mass is 305 g/mol. The number of piperidine rings is 1. The molecule has 1 fully saturated rings. The fourth-order valence-corrected chi connectivity index (χ4v) is 2.96. The molecule has 2 rings (SSSR count). The number of carbonyl (C=O) groups excluding carboxylic acids is 1.